The predicted molar refractivity (Wildman–Crippen MR) is 105 cm³/mol. The second-order valence-corrected chi connectivity index (χ2v) is 6.46. The summed E-state index contributed by atoms with van der Waals surface area (Å²) in [5.74, 6) is -8.00. The fraction of sp³-hybridized carbons (Fsp3) is 0. The molecule has 2 radical (unpaired) electrons. The molecule has 0 aromatic heterocycles. The van der Waals surface area contributed by atoms with E-state index < -0.39 is 35.8 Å². The smallest absolute Gasteiger partial charge is 0.545 e. The van der Waals surface area contributed by atoms with Crippen LogP contribution in [0, 0.1) is 0 Å². The number of carboxylic acid groups (broad SMARTS) is 6. The first-order valence-corrected chi connectivity index (χ1v) is 9.41. The van der Waals surface area contributed by atoms with Gasteiger partial charge in [-0.25, -0.2) is 0 Å². The Morgan fingerprint density at radius 2 is 0.368 bits per heavy atom. The molecule has 0 saturated heterocycles. The molecule has 0 unspecified atom stereocenters. The van der Waals surface area contributed by atoms with Gasteiger partial charge in [-0.3, -0.25) is 0 Å². The van der Waals surface area contributed by atoms with E-state index in [1.165, 1.54) is 0 Å². The summed E-state index contributed by atoms with van der Waals surface area (Å²) in [4.78, 5) is 61.2. The van der Waals surface area contributed by atoms with Gasteiger partial charge in [0, 0.05) is 0 Å². The number of carbonyl (C=O) groups is 6. The van der Waals surface area contributed by atoms with Crippen LogP contribution < -0.4 is 30.6 Å². The van der Waals surface area contributed by atoms with E-state index in [4.69, 9.17) is 0 Å². The van der Waals surface area contributed by atoms with E-state index in [-0.39, 0.29) is 67.5 Å². The van der Waals surface area contributed by atoms with Crippen LogP contribution in [0.15, 0.2) is 72.8 Å². The van der Waals surface area contributed by atoms with Crippen molar-refractivity contribution in [3.63, 3.8) is 0 Å². The quantitative estimate of drug-likeness (QED) is 0.241. The maximum atomic E-state index is 10.2. The van der Waals surface area contributed by atoms with Gasteiger partial charge in [0.2, 0.25) is 0 Å². The van der Waals surface area contributed by atoms with Crippen molar-refractivity contribution < 1.29 is 93.5 Å². The van der Waals surface area contributed by atoms with Crippen molar-refractivity contribution in [3.8, 4) is 0 Å². The summed E-state index contributed by atoms with van der Waals surface area (Å²) >= 11 is 0. The third-order valence-electron chi connectivity index (χ3n) is 4.07. The molecule has 3 aromatic rings. The molecule has 0 fully saturated rings. The summed E-state index contributed by atoms with van der Waals surface area (Å²) in [7, 11) is 0. The first-order valence-electron chi connectivity index (χ1n) is 9.41. The molecule has 0 bridgehead atoms. The topological polar surface area (TPSA) is 241 Å². The minimum Gasteiger partial charge on any atom is -0.545 e. The van der Waals surface area contributed by atoms with Crippen LogP contribution in [0.3, 0.4) is 0 Å². The first kappa shape index (κ1) is 35.7. The Balaban J connectivity index is 0. The van der Waals surface area contributed by atoms with Crippen molar-refractivity contribution in [3.05, 3.63) is 106 Å². The largest absolute Gasteiger partial charge is 3.00 e. The third-order valence-corrected chi connectivity index (χ3v) is 4.07. The van der Waals surface area contributed by atoms with Crippen LogP contribution in [0.25, 0.3) is 0 Å². The average Bonchev–Trinajstić information content (AvgIpc) is 2.84. The summed E-state index contributed by atoms with van der Waals surface area (Å²) in [6, 6.07) is 13.8. The van der Waals surface area contributed by atoms with E-state index >= 15 is 0 Å². The minimum absolute atomic E-state index is 0. The number of hydrogen-bond acceptors (Lipinski definition) is 12. The first-order chi connectivity index (χ1) is 16.8. The minimum atomic E-state index is -1.33. The fourth-order valence-electron chi connectivity index (χ4n) is 2.23. The van der Waals surface area contributed by atoms with Gasteiger partial charge in [-0.05, 0) is 33.4 Å². The van der Waals surface area contributed by atoms with Crippen molar-refractivity contribution in [2.45, 2.75) is 0 Å². The average molecular weight is 604 g/mol. The maximum Gasteiger partial charge on any atom is 3.00 e. The number of rotatable bonds is 6. The molecule has 0 saturated carbocycles. The van der Waals surface area contributed by atoms with E-state index in [9.17, 15) is 59.4 Å². The molecule has 14 heteroatoms. The van der Waals surface area contributed by atoms with Crippen LogP contribution >= 0.6 is 0 Å². The molecular weight excluding hydrogens is 592 g/mol. The molecule has 0 aliphatic carbocycles. The van der Waals surface area contributed by atoms with Crippen molar-refractivity contribution in [1.82, 2.24) is 0 Å². The van der Waals surface area contributed by atoms with Crippen LogP contribution in [0.4, 0.5) is 0 Å². The van der Waals surface area contributed by atoms with Gasteiger partial charge in [-0.1, -0.05) is 72.8 Å². The van der Waals surface area contributed by atoms with Gasteiger partial charge >= 0.3 is 34.1 Å². The predicted octanol–water partition coefficient (Wildman–Crippen LogP) is -4.76. The molecule has 12 nitrogen and oxygen atoms in total. The van der Waals surface area contributed by atoms with Crippen molar-refractivity contribution in [1.29, 1.82) is 0 Å². The maximum absolute atomic E-state index is 10.2. The van der Waals surface area contributed by atoms with Crippen molar-refractivity contribution in [2.75, 3.05) is 0 Å². The standard InChI is InChI=1S/3C8H6O4.2Fe/c3*9-7(10)5-1-2-6(4-3-5)8(11)12;;/h3*1-4H,(H,9,10)(H,11,12);;/q;;;2*+3/p-6. The second-order valence-electron chi connectivity index (χ2n) is 6.46. The summed E-state index contributed by atoms with van der Waals surface area (Å²) in [5, 5.41) is 61.2. The molecule has 196 valence electrons. The molecule has 0 heterocycles. The zero-order valence-corrected chi connectivity index (χ0v) is 20.7. The summed E-state index contributed by atoms with van der Waals surface area (Å²) in [6.07, 6.45) is 0. The molecule has 0 amide bonds. The molecule has 0 aliphatic heterocycles. The van der Waals surface area contributed by atoms with Gasteiger partial charge in [0.1, 0.15) is 0 Å². The Morgan fingerprint density at radius 1 is 0.289 bits per heavy atom. The number of hydrogen-bond donors (Lipinski definition) is 0. The molecule has 3 aromatic carbocycles. The van der Waals surface area contributed by atoms with Gasteiger partial charge in [-0.15, -0.1) is 0 Å². The molecule has 0 atom stereocenters. The molecular formula is C24H12Fe2O12. The van der Waals surface area contributed by atoms with Gasteiger partial charge < -0.3 is 59.4 Å². The zero-order chi connectivity index (χ0) is 27.4. The van der Waals surface area contributed by atoms with Crippen LogP contribution in [0.5, 0.6) is 0 Å². The molecule has 38 heavy (non-hydrogen) atoms. The summed E-state index contributed by atoms with van der Waals surface area (Å²) < 4.78 is 0. The Kier molecular flexibility index (Phi) is 16.0. The zero-order valence-electron chi connectivity index (χ0n) is 18.5. The van der Waals surface area contributed by atoms with Gasteiger partial charge in [-0.2, -0.15) is 0 Å². The van der Waals surface area contributed by atoms with Gasteiger partial charge in [0.15, 0.2) is 0 Å². The SMILES string of the molecule is O=C([O-])c1ccc(C(=O)[O-])cc1.O=C([O-])c1ccc(C(=O)[O-])cc1.O=C([O-])c1ccc(C(=O)[O-])cc1.[Fe+3].[Fe+3]. The number of aromatic carboxylic acids is 6. The van der Waals surface area contributed by atoms with Crippen molar-refractivity contribution >= 4 is 35.8 Å². The van der Waals surface area contributed by atoms with E-state index in [0.717, 1.165) is 72.8 Å². The molecule has 0 spiro atoms. The fourth-order valence-corrected chi connectivity index (χ4v) is 2.23. The Bertz CT molecular complexity index is 1010. The normalized spacial score (nSPS) is 8.84. The Labute approximate surface area is 235 Å². The van der Waals surface area contributed by atoms with Crippen molar-refractivity contribution in [2.24, 2.45) is 0 Å². The van der Waals surface area contributed by atoms with E-state index in [1.807, 2.05) is 0 Å². The van der Waals surface area contributed by atoms with Crippen LogP contribution in [-0.4, -0.2) is 35.8 Å². The molecule has 0 aliphatic rings. The van der Waals surface area contributed by atoms with Crippen LogP contribution in [0.2, 0.25) is 0 Å². The Hall–Kier alpha value is -4.48. The molecule has 0 N–H and O–H groups in total. The van der Waals surface area contributed by atoms with Gasteiger partial charge in [0.05, 0.1) is 35.8 Å². The summed E-state index contributed by atoms with van der Waals surface area (Å²) in [6.45, 7) is 0. The van der Waals surface area contributed by atoms with Crippen LogP contribution in [0.1, 0.15) is 62.1 Å². The number of carbonyl (C=O) groups excluding carboxylic acids is 6. The second kappa shape index (κ2) is 17.1. The Morgan fingerprint density at radius 3 is 0.421 bits per heavy atom. The number of benzene rings is 3. The number of carboxylic acids is 6. The van der Waals surface area contributed by atoms with Crippen LogP contribution in [-0.2, 0) is 34.1 Å². The van der Waals surface area contributed by atoms with E-state index in [0.29, 0.717) is 0 Å². The monoisotopic (exact) mass is 604 g/mol. The van der Waals surface area contributed by atoms with Gasteiger partial charge in [0.25, 0.3) is 0 Å². The molecule has 3 rings (SSSR count). The van der Waals surface area contributed by atoms with E-state index in [2.05, 4.69) is 0 Å². The third kappa shape index (κ3) is 12.0. The van der Waals surface area contributed by atoms with E-state index in [1.54, 1.807) is 0 Å². The summed E-state index contributed by atoms with van der Waals surface area (Å²) in [5.41, 5.74) is -0.333.